The summed E-state index contributed by atoms with van der Waals surface area (Å²) in [6, 6.07) is 19.1. The Labute approximate surface area is 127 Å². The third-order valence-corrected chi connectivity index (χ3v) is 4.06. The molecule has 1 aliphatic rings. The van der Waals surface area contributed by atoms with Crippen molar-refractivity contribution in [3.63, 3.8) is 0 Å². The van der Waals surface area contributed by atoms with Gasteiger partial charge in [-0.25, -0.2) is 0 Å². The summed E-state index contributed by atoms with van der Waals surface area (Å²) >= 11 is 0. The van der Waals surface area contributed by atoms with Crippen LogP contribution in [0.3, 0.4) is 0 Å². The minimum absolute atomic E-state index is 0.00694. The molecule has 0 fully saturated rings. The van der Waals surface area contributed by atoms with E-state index in [0.717, 1.165) is 28.3 Å². The van der Waals surface area contributed by atoms with Gasteiger partial charge in [0, 0.05) is 16.5 Å². The average Bonchev–Trinajstić information content (AvgIpc) is 2.83. The molecule has 22 heavy (non-hydrogen) atoms. The molecule has 0 spiro atoms. The number of aldehydes is 1. The Bertz CT molecular complexity index is 900. The van der Waals surface area contributed by atoms with Crippen molar-refractivity contribution in [3.8, 4) is 0 Å². The lowest BCUT2D eigenvalue weighted by Gasteiger charge is -2.18. The molecule has 1 aliphatic heterocycles. The number of benzene rings is 3. The minimum atomic E-state index is -0.00694. The van der Waals surface area contributed by atoms with Crippen LogP contribution in [0.1, 0.15) is 26.3 Å². The van der Waals surface area contributed by atoms with Gasteiger partial charge in [0.25, 0.3) is 5.91 Å². The van der Waals surface area contributed by atoms with E-state index in [1.807, 2.05) is 54.6 Å². The smallest absolute Gasteiger partial charge is 0.259 e. The maximum atomic E-state index is 12.7. The van der Waals surface area contributed by atoms with Crippen LogP contribution in [0.2, 0.25) is 0 Å². The van der Waals surface area contributed by atoms with Crippen LogP contribution >= 0.6 is 0 Å². The molecule has 106 valence electrons. The van der Waals surface area contributed by atoms with Crippen molar-refractivity contribution in [2.24, 2.45) is 0 Å². The normalized spacial score (nSPS) is 12.9. The van der Waals surface area contributed by atoms with Crippen molar-refractivity contribution in [1.82, 2.24) is 0 Å². The second-order valence-corrected chi connectivity index (χ2v) is 5.44. The standard InChI is InChI=1S/C19H13NO2/c21-12-14-9-15-7-4-8-16-18(15)17(10-14)20(19(16)22)11-13-5-2-1-3-6-13/h1-10,12H,11H2. The first-order chi connectivity index (χ1) is 10.8. The number of carbonyl (C=O) groups is 2. The average molecular weight is 287 g/mol. The Kier molecular flexibility index (Phi) is 2.79. The van der Waals surface area contributed by atoms with Crippen LogP contribution in [0.5, 0.6) is 0 Å². The van der Waals surface area contributed by atoms with Crippen LogP contribution in [0.4, 0.5) is 5.69 Å². The molecule has 0 aliphatic carbocycles. The van der Waals surface area contributed by atoms with Crippen molar-refractivity contribution in [1.29, 1.82) is 0 Å². The van der Waals surface area contributed by atoms with Gasteiger partial charge in [0.1, 0.15) is 6.29 Å². The van der Waals surface area contributed by atoms with E-state index in [2.05, 4.69) is 0 Å². The summed E-state index contributed by atoms with van der Waals surface area (Å²) in [5.41, 5.74) is 3.19. The topological polar surface area (TPSA) is 37.4 Å². The molecule has 0 bridgehead atoms. The molecule has 0 aromatic heterocycles. The predicted octanol–water partition coefficient (Wildman–Crippen LogP) is 3.81. The molecule has 1 amide bonds. The fourth-order valence-electron chi connectivity index (χ4n) is 3.06. The molecule has 3 heteroatoms. The Morgan fingerprint density at radius 2 is 1.77 bits per heavy atom. The van der Waals surface area contributed by atoms with Crippen molar-refractivity contribution in [2.45, 2.75) is 6.54 Å². The molecule has 3 nitrogen and oxygen atoms in total. The van der Waals surface area contributed by atoms with Crippen LogP contribution in [-0.2, 0) is 6.54 Å². The summed E-state index contributed by atoms with van der Waals surface area (Å²) in [5.74, 6) is -0.00694. The lowest BCUT2D eigenvalue weighted by atomic mass is 10.0. The van der Waals surface area contributed by atoms with Gasteiger partial charge in [-0.3, -0.25) is 9.59 Å². The first-order valence-corrected chi connectivity index (χ1v) is 7.15. The number of rotatable bonds is 3. The molecule has 0 radical (unpaired) electrons. The third kappa shape index (κ3) is 1.83. The van der Waals surface area contributed by atoms with Crippen LogP contribution in [0.15, 0.2) is 60.7 Å². The maximum Gasteiger partial charge on any atom is 0.259 e. The van der Waals surface area contributed by atoms with Gasteiger partial charge in [-0.2, -0.15) is 0 Å². The van der Waals surface area contributed by atoms with E-state index in [0.29, 0.717) is 17.7 Å². The second kappa shape index (κ2) is 4.81. The molecular formula is C19H13NO2. The number of carbonyl (C=O) groups excluding carboxylic acids is 2. The Hall–Kier alpha value is -2.94. The molecule has 0 saturated carbocycles. The van der Waals surface area contributed by atoms with Crippen LogP contribution < -0.4 is 4.90 Å². The van der Waals surface area contributed by atoms with E-state index in [9.17, 15) is 9.59 Å². The van der Waals surface area contributed by atoms with E-state index >= 15 is 0 Å². The highest BCUT2D eigenvalue weighted by molar-refractivity contribution is 6.25. The summed E-state index contributed by atoms with van der Waals surface area (Å²) in [7, 11) is 0. The molecule has 4 rings (SSSR count). The van der Waals surface area contributed by atoms with E-state index in [-0.39, 0.29) is 5.91 Å². The van der Waals surface area contributed by atoms with Gasteiger partial charge < -0.3 is 4.90 Å². The number of anilines is 1. The molecule has 0 unspecified atom stereocenters. The van der Waals surface area contributed by atoms with Crippen LogP contribution in [0.25, 0.3) is 10.8 Å². The molecule has 0 atom stereocenters. The van der Waals surface area contributed by atoms with Crippen molar-refractivity contribution < 1.29 is 9.59 Å². The Morgan fingerprint density at radius 3 is 2.55 bits per heavy atom. The van der Waals surface area contributed by atoms with Gasteiger partial charge in [0.05, 0.1) is 12.2 Å². The van der Waals surface area contributed by atoms with E-state index in [1.165, 1.54) is 0 Å². The first kappa shape index (κ1) is 12.8. The monoisotopic (exact) mass is 287 g/mol. The third-order valence-electron chi connectivity index (χ3n) is 4.06. The van der Waals surface area contributed by atoms with Gasteiger partial charge in [0.15, 0.2) is 0 Å². The second-order valence-electron chi connectivity index (χ2n) is 5.44. The highest BCUT2D eigenvalue weighted by Gasteiger charge is 2.30. The van der Waals surface area contributed by atoms with Gasteiger partial charge in [-0.05, 0) is 29.1 Å². The highest BCUT2D eigenvalue weighted by Crippen LogP contribution is 2.38. The number of hydrogen-bond donors (Lipinski definition) is 0. The minimum Gasteiger partial charge on any atom is -0.303 e. The summed E-state index contributed by atoms with van der Waals surface area (Å²) in [6.45, 7) is 0.506. The Balaban J connectivity index is 1.89. The molecule has 0 saturated heterocycles. The SMILES string of the molecule is O=Cc1cc2c3c(cccc3c1)C(=O)N2Cc1ccccc1. The number of nitrogens with zero attached hydrogens (tertiary/aromatic N) is 1. The van der Waals surface area contributed by atoms with Gasteiger partial charge >= 0.3 is 0 Å². The highest BCUT2D eigenvalue weighted by atomic mass is 16.2. The molecule has 0 N–H and O–H groups in total. The summed E-state index contributed by atoms with van der Waals surface area (Å²) in [6.07, 6.45) is 0.826. The summed E-state index contributed by atoms with van der Waals surface area (Å²) < 4.78 is 0. The molecule has 3 aromatic carbocycles. The van der Waals surface area contributed by atoms with Crippen molar-refractivity contribution in [3.05, 3.63) is 77.4 Å². The Morgan fingerprint density at radius 1 is 0.955 bits per heavy atom. The van der Waals surface area contributed by atoms with E-state index in [1.54, 1.807) is 11.0 Å². The van der Waals surface area contributed by atoms with Gasteiger partial charge in [0.2, 0.25) is 0 Å². The predicted molar refractivity (Wildman–Crippen MR) is 86.3 cm³/mol. The summed E-state index contributed by atoms with van der Waals surface area (Å²) in [5, 5.41) is 1.87. The van der Waals surface area contributed by atoms with Crippen LogP contribution in [-0.4, -0.2) is 12.2 Å². The van der Waals surface area contributed by atoms with E-state index < -0.39 is 0 Å². The summed E-state index contributed by atoms with van der Waals surface area (Å²) in [4.78, 5) is 25.6. The fourth-order valence-corrected chi connectivity index (χ4v) is 3.06. The zero-order chi connectivity index (χ0) is 15.1. The van der Waals surface area contributed by atoms with Crippen LogP contribution in [0, 0.1) is 0 Å². The zero-order valence-electron chi connectivity index (χ0n) is 11.8. The zero-order valence-corrected chi connectivity index (χ0v) is 11.8. The number of hydrogen-bond acceptors (Lipinski definition) is 2. The lowest BCUT2D eigenvalue weighted by molar-refractivity contribution is 0.0991. The van der Waals surface area contributed by atoms with Crippen molar-refractivity contribution >= 4 is 28.7 Å². The van der Waals surface area contributed by atoms with Crippen molar-refractivity contribution in [2.75, 3.05) is 4.90 Å². The lowest BCUT2D eigenvalue weighted by Crippen LogP contribution is -2.26. The van der Waals surface area contributed by atoms with Gasteiger partial charge in [-0.1, -0.05) is 42.5 Å². The first-order valence-electron chi connectivity index (χ1n) is 7.15. The molecule has 3 aromatic rings. The van der Waals surface area contributed by atoms with Gasteiger partial charge in [-0.15, -0.1) is 0 Å². The largest absolute Gasteiger partial charge is 0.303 e. The quantitative estimate of drug-likeness (QED) is 0.687. The fraction of sp³-hybridized carbons (Fsp3) is 0.0526. The maximum absolute atomic E-state index is 12.7. The molecular weight excluding hydrogens is 274 g/mol. The molecule has 1 heterocycles. The number of amides is 1. The van der Waals surface area contributed by atoms with E-state index in [4.69, 9.17) is 0 Å².